The third-order valence-electron chi connectivity index (χ3n) is 9.03. The van der Waals surface area contributed by atoms with Crippen LogP contribution in [0.4, 0.5) is 0 Å². The van der Waals surface area contributed by atoms with Crippen LogP contribution in [0.25, 0.3) is 5.57 Å². The molecule has 0 aliphatic carbocycles. The predicted octanol–water partition coefficient (Wildman–Crippen LogP) is 6.61. The fraction of sp³-hybridized carbons (Fsp3) is 0.645. The molecule has 0 N–H and O–H groups in total. The number of ether oxygens (including phenoxy) is 1. The third kappa shape index (κ3) is 7.00. The first-order valence-electron chi connectivity index (χ1n) is 15.1. The molecule has 8 nitrogen and oxygen atoms in total. The molecule has 0 unspecified atom stereocenters. The standard InChI is InChI=1S/C31H49N3O5S2Si2/c1-13-16-37-29(36)26-27(19(2)25-24(28(35)34(25)26)20(3)39-42(8,9)10)41-30-32-22(18-40-30)21-14-15-33(7)23(21)17-38-43(11,12)31(4,5)6/h13-14,18-20,23-25H,1,15-17H2,2-12H3/t19-,20-,23+,24-,25-/m1/s1. The lowest BCUT2D eigenvalue weighted by Gasteiger charge is -2.48. The number of likely N-dealkylation sites (N-methyl/N-ethyl adjacent to an activating group) is 1. The van der Waals surface area contributed by atoms with E-state index in [1.165, 1.54) is 23.4 Å². The van der Waals surface area contributed by atoms with Crippen LogP contribution >= 0.6 is 23.1 Å². The number of β-lactam (4-membered cyclic amide) rings is 1. The van der Waals surface area contributed by atoms with Crippen molar-refractivity contribution in [3.63, 3.8) is 0 Å². The number of esters is 1. The topological polar surface area (TPSA) is 81.2 Å². The van der Waals surface area contributed by atoms with Crippen molar-refractivity contribution in [3.8, 4) is 0 Å². The lowest BCUT2D eigenvalue weighted by molar-refractivity contribution is -0.163. The summed E-state index contributed by atoms with van der Waals surface area (Å²) in [6.45, 7) is 27.0. The number of hydrogen-bond donors (Lipinski definition) is 0. The van der Waals surface area contributed by atoms with Gasteiger partial charge >= 0.3 is 5.97 Å². The number of thiazole rings is 1. The van der Waals surface area contributed by atoms with Crippen molar-refractivity contribution in [2.24, 2.45) is 11.8 Å². The van der Waals surface area contributed by atoms with Crippen molar-refractivity contribution in [2.45, 2.75) is 94.9 Å². The Hall–Kier alpha value is -1.55. The van der Waals surface area contributed by atoms with Crippen LogP contribution in [0.1, 0.15) is 40.3 Å². The Labute approximate surface area is 268 Å². The monoisotopic (exact) mass is 663 g/mol. The normalized spacial score (nSPS) is 25.5. The van der Waals surface area contributed by atoms with E-state index < -0.39 is 22.6 Å². The van der Waals surface area contributed by atoms with E-state index in [0.29, 0.717) is 12.3 Å². The smallest absolute Gasteiger partial charge is 0.356 e. The molecule has 1 amide bonds. The molecule has 1 saturated heterocycles. The zero-order valence-corrected chi connectivity index (χ0v) is 31.3. The van der Waals surface area contributed by atoms with E-state index >= 15 is 0 Å². The maximum Gasteiger partial charge on any atom is 0.356 e. The van der Waals surface area contributed by atoms with Gasteiger partial charge in [-0.1, -0.05) is 58.2 Å². The molecule has 0 saturated carbocycles. The number of rotatable bonds is 12. The lowest BCUT2D eigenvalue weighted by atomic mass is 9.79. The molecule has 5 atom stereocenters. The van der Waals surface area contributed by atoms with Crippen LogP contribution in [-0.2, 0) is 23.2 Å². The Balaban J connectivity index is 1.57. The molecule has 0 spiro atoms. The number of fused-ring (bicyclic) bond motifs is 1. The second-order valence-corrected chi connectivity index (χ2v) is 25.8. The fourth-order valence-electron chi connectivity index (χ4n) is 5.74. The molecule has 43 heavy (non-hydrogen) atoms. The molecular weight excluding hydrogens is 615 g/mol. The van der Waals surface area contributed by atoms with Crippen LogP contribution in [0.15, 0.2) is 39.1 Å². The van der Waals surface area contributed by atoms with Crippen LogP contribution in [0.2, 0.25) is 37.8 Å². The highest BCUT2D eigenvalue weighted by Crippen LogP contribution is 2.53. The van der Waals surface area contributed by atoms with E-state index in [9.17, 15) is 9.59 Å². The quantitative estimate of drug-likeness (QED) is 0.107. The number of carbonyl (C=O) groups is 2. The first-order chi connectivity index (χ1) is 19.9. The number of nitrogens with zero attached hydrogens (tertiary/aromatic N) is 3. The van der Waals surface area contributed by atoms with Gasteiger partial charge in [-0.3, -0.25) is 9.69 Å². The maximum atomic E-state index is 13.5. The molecule has 0 aromatic carbocycles. The summed E-state index contributed by atoms with van der Waals surface area (Å²) in [7, 11) is -1.63. The van der Waals surface area contributed by atoms with E-state index in [-0.39, 0.29) is 47.6 Å². The van der Waals surface area contributed by atoms with Crippen LogP contribution in [-0.4, -0.2) is 88.3 Å². The Morgan fingerprint density at radius 2 is 1.95 bits per heavy atom. The summed E-state index contributed by atoms with van der Waals surface area (Å²) < 4.78 is 19.3. The number of hydrogen-bond acceptors (Lipinski definition) is 9. The zero-order chi connectivity index (χ0) is 32.1. The molecule has 4 rings (SSSR count). The average Bonchev–Trinajstić information content (AvgIpc) is 3.55. The maximum absolute atomic E-state index is 13.5. The Morgan fingerprint density at radius 3 is 2.56 bits per heavy atom. The molecule has 0 radical (unpaired) electrons. The van der Waals surface area contributed by atoms with Crippen molar-refractivity contribution in [1.82, 2.24) is 14.8 Å². The summed E-state index contributed by atoms with van der Waals surface area (Å²) in [4.78, 5) is 36.6. The largest absolute Gasteiger partial charge is 0.457 e. The van der Waals surface area contributed by atoms with Crippen molar-refractivity contribution < 1.29 is 23.2 Å². The molecule has 1 aromatic rings. The van der Waals surface area contributed by atoms with Gasteiger partial charge < -0.3 is 18.5 Å². The van der Waals surface area contributed by atoms with Crippen molar-refractivity contribution in [3.05, 3.63) is 40.4 Å². The van der Waals surface area contributed by atoms with Gasteiger partial charge in [0.05, 0.1) is 36.4 Å². The summed E-state index contributed by atoms with van der Waals surface area (Å²) in [5.74, 6) is -0.925. The van der Waals surface area contributed by atoms with Gasteiger partial charge in [-0.25, -0.2) is 9.78 Å². The van der Waals surface area contributed by atoms with Gasteiger partial charge in [0.1, 0.15) is 12.3 Å². The minimum atomic E-state index is -1.90. The number of aromatic nitrogens is 1. The third-order valence-corrected chi connectivity index (χ3v) is 16.8. The molecule has 1 fully saturated rings. The van der Waals surface area contributed by atoms with Crippen molar-refractivity contribution in [2.75, 3.05) is 26.8 Å². The highest BCUT2D eigenvalue weighted by molar-refractivity contribution is 8.04. The van der Waals surface area contributed by atoms with Gasteiger partial charge in [-0.2, -0.15) is 0 Å². The number of carbonyl (C=O) groups excluding carboxylic acids is 2. The van der Waals surface area contributed by atoms with Crippen molar-refractivity contribution >= 4 is 57.2 Å². The zero-order valence-electron chi connectivity index (χ0n) is 27.6. The molecule has 0 bridgehead atoms. The highest BCUT2D eigenvalue weighted by Gasteiger charge is 2.61. The second-order valence-electron chi connectivity index (χ2n) is 14.3. The Kier molecular flexibility index (Phi) is 10.1. The van der Waals surface area contributed by atoms with Crippen LogP contribution < -0.4 is 0 Å². The van der Waals surface area contributed by atoms with Gasteiger partial charge in [0.15, 0.2) is 21.0 Å². The van der Waals surface area contributed by atoms with Gasteiger partial charge in [0.2, 0.25) is 5.91 Å². The first-order valence-corrected chi connectivity index (χ1v) is 23.1. The van der Waals surface area contributed by atoms with Gasteiger partial charge in [0, 0.05) is 22.7 Å². The summed E-state index contributed by atoms with van der Waals surface area (Å²) in [5, 5.41) is 2.23. The van der Waals surface area contributed by atoms with Gasteiger partial charge in [-0.15, -0.1) is 11.3 Å². The van der Waals surface area contributed by atoms with Crippen LogP contribution in [0.5, 0.6) is 0 Å². The molecule has 238 valence electrons. The SMILES string of the molecule is C=CCOC(=O)C1=C(Sc2nc(C3=CCN(C)[C@H]3CO[Si](C)(C)C(C)(C)C)cs2)[C@H](C)[C@@H]2[C@@H]([C@@H](C)O[Si](C)(C)C)C(=O)N12. The number of amides is 1. The molecule has 4 heterocycles. The first kappa shape index (κ1) is 34.3. The van der Waals surface area contributed by atoms with Crippen LogP contribution in [0.3, 0.4) is 0 Å². The highest BCUT2D eigenvalue weighted by atomic mass is 32.2. The second kappa shape index (κ2) is 12.7. The van der Waals surface area contributed by atoms with Gasteiger partial charge in [-0.05, 0) is 57.3 Å². The summed E-state index contributed by atoms with van der Waals surface area (Å²) in [6.07, 6.45) is 3.56. The lowest BCUT2D eigenvalue weighted by Crippen LogP contribution is -2.64. The minimum absolute atomic E-state index is 0.0541. The molecule has 3 aliphatic heterocycles. The van der Waals surface area contributed by atoms with E-state index in [1.807, 2.05) is 6.92 Å². The number of thioether (sulfide) groups is 1. The molecule has 12 heteroatoms. The van der Waals surface area contributed by atoms with E-state index in [2.05, 4.69) is 90.4 Å². The fourth-order valence-corrected chi connectivity index (χ4v) is 10.1. The summed E-state index contributed by atoms with van der Waals surface area (Å²) in [6, 6.07) is -0.00792. The average molecular weight is 664 g/mol. The van der Waals surface area contributed by atoms with E-state index in [4.69, 9.17) is 18.6 Å². The Bertz CT molecular complexity index is 1310. The summed E-state index contributed by atoms with van der Waals surface area (Å²) >= 11 is 3.04. The molecule has 1 aromatic heterocycles. The van der Waals surface area contributed by atoms with E-state index in [0.717, 1.165) is 21.5 Å². The predicted molar refractivity (Wildman–Crippen MR) is 181 cm³/mol. The van der Waals surface area contributed by atoms with Gasteiger partial charge in [0.25, 0.3) is 0 Å². The van der Waals surface area contributed by atoms with E-state index in [1.54, 1.807) is 16.2 Å². The Morgan fingerprint density at radius 1 is 1.28 bits per heavy atom. The molecule has 3 aliphatic rings. The molecular formula is C31H49N3O5S2Si2. The van der Waals surface area contributed by atoms with Crippen molar-refractivity contribution in [1.29, 1.82) is 0 Å². The summed E-state index contributed by atoms with van der Waals surface area (Å²) in [5.41, 5.74) is 2.46. The van der Waals surface area contributed by atoms with Crippen LogP contribution in [0, 0.1) is 11.8 Å². The minimum Gasteiger partial charge on any atom is -0.457 e.